The standard InChI is InChI=1S/C17H16N2O3S2/c1-11-12(2)18-22-17(11)15-7-8-16(23-15)24(20,21)19-10-9-13-5-3-4-6-14(13)19/h3-8H,9-10H2,1-2H3. The van der Waals surface area contributed by atoms with E-state index in [0.717, 1.165) is 33.8 Å². The van der Waals surface area contributed by atoms with Crippen molar-refractivity contribution in [1.29, 1.82) is 0 Å². The number of anilines is 1. The Morgan fingerprint density at radius 3 is 2.71 bits per heavy atom. The molecular formula is C17H16N2O3S2. The number of rotatable bonds is 3. The Morgan fingerprint density at radius 1 is 1.17 bits per heavy atom. The van der Waals surface area contributed by atoms with E-state index < -0.39 is 10.0 Å². The highest BCUT2D eigenvalue weighted by molar-refractivity contribution is 7.94. The lowest BCUT2D eigenvalue weighted by Gasteiger charge is -2.18. The summed E-state index contributed by atoms with van der Waals surface area (Å²) in [6.07, 6.45) is 0.744. The number of fused-ring (bicyclic) bond motifs is 1. The Labute approximate surface area is 144 Å². The molecule has 0 atom stereocenters. The topological polar surface area (TPSA) is 63.4 Å². The summed E-state index contributed by atoms with van der Waals surface area (Å²) in [5.74, 6) is 0.640. The van der Waals surface area contributed by atoms with Crippen LogP contribution in [0.3, 0.4) is 0 Å². The van der Waals surface area contributed by atoms with E-state index in [-0.39, 0.29) is 0 Å². The van der Waals surface area contributed by atoms with Crippen LogP contribution in [-0.4, -0.2) is 20.1 Å². The van der Waals surface area contributed by atoms with E-state index in [4.69, 9.17) is 4.52 Å². The molecule has 1 aliphatic heterocycles. The zero-order valence-corrected chi connectivity index (χ0v) is 14.9. The molecule has 0 saturated carbocycles. The van der Waals surface area contributed by atoms with Crippen molar-refractivity contribution >= 4 is 27.0 Å². The van der Waals surface area contributed by atoms with Gasteiger partial charge in [0.05, 0.1) is 16.3 Å². The highest BCUT2D eigenvalue weighted by Crippen LogP contribution is 2.38. The van der Waals surface area contributed by atoms with Gasteiger partial charge in [-0.2, -0.15) is 0 Å². The van der Waals surface area contributed by atoms with Gasteiger partial charge in [0.1, 0.15) is 4.21 Å². The summed E-state index contributed by atoms with van der Waals surface area (Å²) in [6.45, 7) is 4.27. The van der Waals surface area contributed by atoms with Crippen molar-refractivity contribution in [3.63, 3.8) is 0 Å². The van der Waals surface area contributed by atoms with E-state index in [9.17, 15) is 8.42 Å². The molecule has 0 saturated heterocycles. The van der Waals surface area contributed by atoms with E-state index in [1.54, 1.807) is 12.1 Å². The molecule has 3 aromatic rings. The predicted molar refractivity (Wildman–Crippen MR) is 94.0 cm³/mol. The van der Waals surface area contributed by atoms with Crippen LogP contribution in [0.1, 0.15) is 16.8 Å². The number of aromatic nitrogens is 1. The van der Waals surface area contributed by atoms with E-state index in [1.807, 2.05) is 38.1 Å². The number of aryl methyl sites for hydroxylation is 1. The van der Waals surface area contributed by atoms with Crippen LogP contribution in [0.4, 0.5) is 5.69 Å². The molecular weight excluding hydrogens is 344 g/mol. The zero-order valence-electron chi connectivity index (χ0n) is 13.3. The van der Waals surface area contributed by atoms with Crippen LogP contribution < -0.4 is 4.31 Å². The highest BCUT2D eigenvalue weighted by atomic mass is 32.2. The number of sulfonamides is 1. The molecule has 0 spiro atoms. The quantitative estimate of drug-likeness (QED) is 0.713. The predicted octanol–water partition coefficient (Wildman–Crippen LogP) is 3.77. The fourth-order valence-corrected chi connectivity index (χ4v) is 5.85. The van der Waals surface area contributed by atoms with Gasteiger partial charge in [0.25, 0.3) is 10.0 Å². The third kappa shape index (κ3) is 2.27. The molecule has 0 unspecified atom stereocenters. The maximum Gasteiger partial charge on any atom is 0.273 e. The van der Waals surface area contributed by atoms with Gasteiger partial charge in [0.2, 0.25) is 0 Å². The van der Waals surface area contributed by atoms with Crippen molar-refractivity contribution < 1.29 is 12.9 Å². The largest absolute Gasteiger partial charge is 0.355 e. The van der Waals surface area contributed by atoms with Crippen molar-refractivity contribution in [2.75, 3.05) is 10.8 Å². The molecule has 24 heavy (non-hydrogen) atoms. The Balaban J connectivity index is 1.73. The van der Waals surface area contributed by atoms with Crippen molar-refractivity contribution in [2.24, 2.45) is 0 Å². The first-order chi connectivity index (χ1) is 11.5. The average molecular weight is 360 g/mol. The van der Waals surface area contributed by atoms with E-state index >= 15 is 0 Å². The lowest BCUT2D eigenvalue weighted by Crippen LogP contribution is -2.28. The first kappa shape index (κ1) is 15.4. The summed E-state index contributed by atoms with van der Waals surface area (Å²) in [5.41, 5.74) is 3.60. The number of nitrogens with zero attached hydrogens (tertiary/aromatic N) is 2. The molecule has 1 aromatic carbocycles. The van der Waals surface area contributed by atoms with Crippen molar-refractivity contribution in [1.82, 2.24) is 5.16 Å². The smallest absolute Gasteiger partial charge is 0.273 e. The minimum atomic E-state index is -3.56. The zero-order chi connectivity index (χ0) is 16.9. The number of benzene rings is 1. The highest BCUT2D eigenvalue weighted by Gasteiger charge is 2.32. The van der Waals surface area contributed by atoms with E-state index in [1.165, 1.54) is 15.6 Å². The summed E-state index contributed by atoms with van der Waals surface area (Å²) >= 11 is 1.22. The molecule has 2 aromatic heterocycles. The molecule has 4 rings (SSSR count). The number of para-hydroxylation sites is 1. The Bertz CT molecular complexity index is 1020. The number of hydrogen-bond donors (Lipinski definition) is 0. The molecule has 1 aliphatic rings. The van der Waals surface area contributed by atoms with Gasteiger partial charge in [0, 0.05) is 12.1 Å². The minimum absolute atomic E-state index is 0.322. The molecule has 3 heterocycles. The molecule has 0 radical (unpaired) electrons. The van der Waals surface area contributed by atoms with E-state index in [2.05, 4.69) is 5.16 Å². The molecule has 0 N–H and O–H groups in total. The van der Waals surface area contributed by atoms with Gasteiger partial charge < -0.3 is 4.52 Å². The maximum atomic E-state index is 13.0. The van der Waals surface area contributed by atoms with Crippen molar-refractivity contribution in [2.45, 2.75) is 24.5 Å². The van der Waals surface area contributed by atoms with Gasteiger partial charge in [-0.05, 0) is 44.0 Å². The number of hydrogen-bond acceptors (Lipinski definition) is 5. The van der Waals surface area contributed by atoms with Gasteiger partial charge in [-0.25, -0.2) is 8.42 Å². The molecule has 124 valence electrons. The summed E-state index contributed by atoms with van der Waals surface area (Å²) < 4.78 is 33.2. The minimum Gasteiger partial charge on any atom is -0.355 e. The monoisotopic (exact) mass is 360 g/mol. The van der Waals surface area contributed by atoms with Crippen LogP contribution in [0.5, 0.6) is 0 Å². The number of thiophene rings is 1. The van der Waals surface area contributed by atoms with Crippen LogP contribution in [0.25, 0.3) is 10.6 Å². The summed E-state index contributed by atoms with van der Waals surface area (Å²) in [7, 11) is -3.56. The Morgan fingerprint density at radius 2 is 1.96 bits per heavy atom. The second-order valence-electron chi connectivity index (χ2n) is 5.80. The maximum absolute atomic E-state index is 13.0. The summed E-state index contributed by atoms with van der Waals surface area (Å²) in [4.78, 5) is 0.777. The van der Waals surface area contributed by atoms with Crippen LogP contribution in [-0.2, 0) is 16.4 Å². The fraction of sp³-hybridized carbons (Fsp3) is 0.235. The normalized spacial score (nSPS) is 14.2. The van der Waals surface area contributed by atoms with Gasteiger partial charge in [-0.15, -0.1) is 11.3 Å². The Kier molecular flexibility index (Phi) is 3.51. The van der Waals surface area contributed by atoms with Gasteiger partial charge >= 0.3 is 0 Å². The fourth-order valence-electron chi connectivity index (χ4n) is 2.89. The van der Waals surface area contributed by atoms with E-state index in [0.29, 0.717) is 16.5 Å². The van der Waals surface area contributed by atoms with Crippen molar-refractivity contribution in [3.8, 4) is 10.6 Å². The first-order valence-electron chi connectivity index (χ1n) is 7.62. The third-order valence-electron chi connectivity index (χ3n) is 4.35. The average Bonchev–Trinajstić information content (AvgIpc) is 3.27. The lowest BCUT2D eigenvalue weighted by atomic mass is 10.2. The summed E-state index contributed by atoms with van der Waals surface area (Å²) in [5, 5.41) is 3.94. The van der Waals surface area contributed by atoms with Crippen molar-refractivity contribution in [3.05, 3.63) is 53.2 Å². The van der Waals surface area contributed by atoms with Gasteiger partial charge in [-0.1, -0.05) is 23.4 Å². The molecule has 0 aliphatic carbocycles. The van der Waals surface area contributed by atoms with Crippen LogP contribution in [0.15, 0.2) is 45.1 Å². The first-order valence-corrected chi connectivity index (χ1v) is 9.88. The molecule has 0 amide bonds. The SMILES string of the molecule is Cc1noc(-c2ccc(S(=O)(=O)N3CCc4ccccc43)s2)c1C. The van der Waals surface area contributed by atoms with Gasteiger partial charge in [-0.3, -0.25) is 4.31 Å². The molecule has 0 bridgehead atoms. The Hall–Kier alpha value is -2.12. The molecule has 5 nitrogen and oxygen atoms in total. The molecule has 7 heteroatoms. The van der Waals surface area contributed by atoms with Crippen LogP contribution in [0, 0.1) is 13.8 Å². The van der Waals surface area contributed by atoms with Crippen LogP contribution in [0.2, 0.25) is 0 Å². The second-order valence-corrected chi connectivity index (χ2v) is 8.97. The third-order valence-corrected chi connectivity index (χ3v) is 7.72. The summed E-state index contributed by atoms with van der Waals surface area (Å²) in [6, 6.07) is 11.1. The van der Waals surface area contributed by atoms with Crippen LogP contribution >= 0.6 is 11.3 Å². The molecule has 0 fully saturated rings. The van der Waals surface area contributed by atoms with Gasteiger partial charge in [0.15, 0.2) is 5.76 Å². The second kappa shape index (κ2) is 5.46. The lowest BCUT2D eigenvalue weighted by molar-refractivity contribution is 0.427.